The summed E-state index contributed by atoms with van der Waals surface area (Å²) in [7, 11) is 0. The summed E-state index contributed by atoms with van der Waals surface area (Å²) >= 11 is 11.9. The fraction of sp³-hybridized carbons (Fsp3) is 0.500. The first-order valence-corrected chi connectivity index (χ1v) is 6.39. The number of benzene rings is 1. The summed E-state index contributed by atoms with van der Waals surface area (Å²) in [4.78, 5) is 0. The molecule has 1 aliphatic rings. The summed E-state index contributed by atoms with van der Waals surface area (Å²) in [5.74, 6) is 0. The molecular weight excluding hydrogens is 243 g/mol. The van der Waals surface area contributed by atoms with E-state index in [0.717, 1.165) is 18.5 Å². The lowest BCUT2D eigenvalue weighted by Gasteiger charge is -2.30. The molecule has 0 radical (unpaired) electrons. The van der Waals surface area contributed by atoms with Crippen molar-refractivity contribution in [2.24, 2.45) is 5.73 Å². The standard InChI is InChI=1S/C12H16Cl2N2/c13-8-5-9(14)7-10(6-8)16-12-4-2-1-3-11(12)15/h5-7,11-12,16H,1-4,15H2. The predicted molar refractivity (Wildman–Crippen MR) is 70.3 cm³/mol. The van der Waals surface area contributed by atoms with Gasteiger partial charge in [-0.1, -0.05) is 36.0 Å². The molecule has 0 heterocycles. The van der Waals surface area contributed by atoms with E-state index in [9.17, 15) is 0 Å². The van der Waals surface area contributed by atoms with Crippen LogP contribution in [0.25, 0.3) is 0 Å². The Morgan fingerprint density at radius 3 is 2.31 bits per heavy atom. The zero-order valence-corrected chi connectivity index (χ0v) is 10.6. The van der Waals surface area contributed by atoms with Gasteiger partial charge in [0.25, 0.3) is 0 Å². The Bertz CT molecular complexity index is 348. The molecule has 1 saturated carbocycles. The largest absolute Gasteiger partial charge is 0.381 e. The molecule has 1 aromatic carbocycles. The van der Waals surface area contributed by atoms with E-state index < -0.39 is 0 Å². The highest BCUT2D eigenvalue weighted by atomic mass is 35.5. The quantitative estimate of drug-likeness (QED) is 0.850. The third-order valence-corrected chi connectivity index (χ3v) is 3.47. The molecule has 16 heavy (non-hydrogen) atoms. The lowest BCUT2D eigenvalue weighted by molar-refractivity contribution is 0.404. The number of nitrogens with one attached hydrogen (secondary N) is 1. The molecule has 2 unspecified atom stereocenters. The van der Waals surface area contributed by atoms with Crippen LogP contribution in [-0.4, -0.2) is 12.1 Å². The van der Waals surface area contributed by atoms with Gasteiger partial charge in [0.1, 0.15) is 0 Å². The summed E-state index contributed by atoms with van der Waals surface area (Å²) < 4.78 is 0. The number of anilines is 1. The maximum absolute atomic E-state index is 6.07. The summed E-state index contributed by atoms with van der Waals surface area (Å²) in [6, 6.07) is 6.06. The monoisotopic (exact) mass is 258 g/mol. The van der Waals surface area contributed by atoms with Crippen LogP contribution in [0.3, 0.4) is 0 Å². The molecule has 0 amide bonds. The molecule has 4 heteroatoms. The van der Waals surface area contributed by atoms with E-state index in [-0.39, 0.29) is 6.04 Å². The van der Waals surface area contributed by atoms with E-state index in [1.807, 2.05) is 12.1 Å². The van der Waals surface area contributed by atoms with Crippen molar-refractivity contribution in [2.45, 2.75) is 37.8 Å². The first-order valence-electron chi connectivity index (χ1n) is 5.63. The molecular formula is C12H16Cl2N2. The number of nitrogens with two attached hydrogens (primary N) is 1. The molecule has 2 rings (SSSR count). The maximum Gasteiger partial charge on any atom is 0.0441 e. The van der Waals surface area contributed by atoms with E-state index in [4.69, 9.17) is 28.9 Å². The van der Waals surface area contributed by atoms with Gasteiger partial charge in [0.15, 0.2) is 0 Å². The fourth-order valence-corrected chi connectivity index (χ4v) is 2.72. The van der Waals surface area contributed by atoms with Crippen LogP contribution < -0.4 is 11.1 Å². The van der Waals surface area contributed by atoms with Gasteiger partial charge in [-0.05, 0) is 31.0 Å². The third-order valence-electron chi connectivity index (χ3n) is 3.03. The van der Waals surface area contributed by atoms with Crippen molar-refractivity contribution in [3.63, 3.8) is 0 Å². The van der Waals surface area contributed by atoms with Gasteiger partial charge >= 0.3 is 0 Å². The molecule has 0 bridgehead atoms. The van der Waals surface area contributed by atoms with Crippen LogP contribution in [0.5, 0.6) is 0 Å². The molecule has 1 aromatic rings. The molecule has 0 aromatic heterocycles. The number of hydrogen-bond acceptors (Lipinski definition) is 2. The first-order chi connectivity index (χ1) is 7.65. The Labute approximate surface area is 106 Å². The summed E-state index contributed by atoms with van der Waals surface area (Å²) in [5, 5.41) is 4.72. The SMILES string of the molecule is NC1CCCCC1Nc1cc(Cl)cc(Cl)c1. The topological polar surface area (TPSA) is 38.0 Å². The van der Waals surface area contributed by atoms with E-state index in [1.165, 1.54) is 12.8 Å². The van der Waals surface area contributed by atoms with Crippen LogP contribution in [0.4, 0.5) is 5.69 Å². The second-order valence-electron chi connectivity index (χ2n) is 4.36. The lowest BCUT2D eigenvalue weighted by Crippen LogP contribution is -2.42. The second kappa shape index (κ2) is 5.26. The van der Waals surface area contributed by atoms with Crippen molar-refractivity contribution in [3.05, 3.63) is 28.2 Å². The summed E-state index contributed by atoms with van der Waals surface area (Å²) in [5.41, 5.74) is 7.03. The third kappa shape index (κ3) is 3.03. The average Bonchev–Trinajstić information content (AvgIpc) is 2.20. The molecule has 3 N–H and O–H groups in total. The smallest absolute Gasteiger partial charge is 0.0441 e. The molecule has 2 atom stereocenters. The van der Waals surface area contributed by atoms with Crippen LogP contribution in [0.2, 0.25) is 10.0 Å². The Morgan fingerprint density at radius 2 is 1.69 bits per heavy atom. The normalized spacial score (nSPS) is 25.4. The maximum atomic E-state index is 6.07. The van der Waals surface area contributed by atoms with Crippen molar-refractivity contribution < 1.29 is 0 Å². The fourth-order valence-electron chi connectivity index (χ4n) is 2.19. The van der Waals surface area contributed by atoms with E-state index >= 15 is 0 Å². The van der Waals surface area contributed by atoms with Crippen LogP contribution >= 0.6 is 23.2 Å². The first kappa shape index (κ1) is 12.0. The van der Waals surface area contributed by atoms with Gasteiger partial charge in [0.05, 0.1) is 0 Å². The predicted octanol–water partition coefficient (Wildman–Crippen LogP) is 3.68. The Kier molecular flexibility index (Phi) is 3.95. The minimum Gasteiger partial charge on any atom is -0.381 e. The lowest BCUT2D eigenvalue weighted by atomic mass is 9.91. The van der Waals surface area contributed by atoms with Crippen molar-refractivity contribution in [2.75, 3.05) is 5.32 Å². The molecule has 2 nitrogen and oxygen atoms in total. The van der Waals surface area contributed by atoms with Crippen LogP contribution in [0.15, 0.2) is 18.2 Å². The van der Waals surface area contributed by atoms with Crippen molar-refractivity contribution in [1.82, 2.24) is 0 Å². The van der Waals surface area contributed by atoms with E-state index in [0.29, 0.717) is 16.1 Å². The molecule has 0 saturated heterocycles. The molecule has 1 aliphatic carbocycles. The number of hydrogen-bond donors (Lipinski definition) is 2. The minimum absolute atomic E-state index is 0.228. The van der Waals surface area contributed by atoms with Crippen LogP contribution in [0, 0.1) is 0 Å². The average molecular weight is 259 g/mol. The van der Waals surface area contributed by atoms with Gasteiger partial charge in [0, 0.05) is 27.8 Å². The highest BCUT2D eigenvalue weighted by Crippen LogP contribution is 2.26. The Hall–Kier alpha value is -0.440. The Morgan fingerprint density at radius 1 is 1.06 bits per heavy atom. The van der Waals surface area contributed by atoms with Gasteiger partial charge in [-0.3, -0.25) is 0 Å². The van der Waals surface area contributed by atoms with E-state index in [1.54, 1.807) is 6.07 Å². The highest BCUT2D eigenvalue weighted by molar-refractivity contribution is 6.35. The summed E-state index contributed by atoms with van der Waals surface area (Å²) in [6.45, 7) is 0. The minimum atomic E-state index is 0.228. The molecule has 0 spiro atoms. The number of rotatable bonds is 2. The van der Waals surface area contributed by atoms with Gasteiger partial charge in [0.2, 0.25) is 0 Å². The van der Waals surface area contributed by atoms with Crippen LogP contribution in [-0.2, 0) is 0 Å². The molecule has 1 fully saturated rings. The van der Waals surface area contributed by atoms with Gasteiger partial charge in [-0.2, -0.15) is 0 Å². The van der Waals surface area contributed by atoms with Crippen molar-refractivity contribution >= 4 is 28.9 Å². The number of halogens is 2. The van der Waals surface area contributed by atoms with Crippen molar-refractivity contribution in [1.29, 1.82) is 0 Å². The van der Waals surface area contributed by atoms with Crippen LogP contribution in [0.1, 0.15) is 25.7 Å². The highest BCUT2D eigenvalue weighted by Gasteiger charge is 2.21. The van der Waals surface area contributed by atoms with Crippen molar-refractivity contribution in [3.8, 4) is 0 Å². The zero-order valence-electron chi connectivity index (χ0n) is 9.05. The van der Waals surface area contributed by atoms with E-state index in [2.05, 4.69) is 5.32 Å². The van der Waals surface area contributed by atoms with Gasteiger partial charge in [-0.15, -0.1) is 0 Å². The van der Waals surface area contributed by atoms with Gasteiger partial charge < -0.3 is 11.1 Å². The molecule has 0 aliphatic heterocycles. The zero-order chi connectivity index (χ0) is 11.5. The second-order valence-corrected chi connectivity index (χ2v) is 5.23. The summed E-state index contributed by atoms with van der Waals surface area (Å²) in [6.07, 6.45) is 4.67. The Balaban J connectivity index is 2.07. The molecule has 88 valence electrons. The van der Waals surface area contributed by atoms with Gasteiger partial charge in [-0.25, -0.2) is 0 Å².